The quantitative estimate of drug-likeness (QED) is 0.366. The van der Waals surface area contributed by atoms with Gasteiger partial charge >= 0.3 is 11.9 Å². The lowest BCUT2D eigenvalue weighted by molar-refractivity contribution is -0.229. The summed E-state index contributed by atoms with van der Waals surface area (Å²) in [7, 11) is 0. The lowest BCUT2D eigenvalue weighted by atomic mass is 9.32. The van der Waals surface area contributed by atoms with E-state index in [1.54, 1.807) is 0 Å². The van der Waals surface area contributed by atoms with E-state index in [1.165, 1.54) is 30.4 Å². The Balaban J connectivity index is 1.52. The fourth-order valence-electron chi connectivity index (χ4n) is 11.8. The van der Waals surface area contributed by atoms with Gasteiger partial charge in [0.25, 0.3) is 0 Å². The molecule has 4 saturated carbocycles. The SMILES string of the molecule is C=C(C)[C@@H]1CC[C@]2(C(=O)O)CC[C@]3(C)[C@H](CC[C@@H]4[C@@]5(C)CC=C(CCC(=O)O)C(C)(C)[C@@H]5CC[C@]43C)[C@@H]12. The third-order valence-electron chi connectivity index (χ3n) is 13.9. The van der Waals surface area contributed by atoms with Gasteiger partial charge in [-0.1, -0.05) is 58.4 Å². The molecule has 37 heavy (non-hydrogen) atoms. The van der Waals surface area contributed by atoms with E-state index >= 15 is 0 Å². The van der Waals surface area contributed by atoms with Crippen LogP contribution in [0.1, 0.15) is 112 Å². The van der Waals surface area contributed by atoms with Crippen LogP contribution in [0.25, 0.3) is 0 Å². The van der Waals surface area contributed by atoms with Crippen LogP contribution in [0.2, 0.25) is 0 Å². The molecule has 4 fully saturated rings. The minimum absolute atomic E-state index is 0.0169. The van der Waals surface area contributed by atoms with Crippen molar-refractivity contribution in [2.24, 2.45) is 56.7 Å². The maximum absolute atomic E-state index is 12.8. The van der Waals surface area contributed by atoms with Crippen LogP contribution in [0.15, 0.2) is 23.8 Å². The molecule has 0 heterocycles. The number of fused-ring (bicyclic) bond motifs is 7. The minimum atomic E-state index is -0.706. The highest BCUT2D eigenvalue weighted by atomic mass is 16.4. The van der Waals surface area contributed by atoms with Crippen molar-refractivity contribution >= 4 is 11.9 Å². The summed E-state index contributed by atoms with van der Waals surface area (Å²) < 4.78 is 0. The highest BCUT2D eigenvalue weighted by Crippen LogP contribution is 2.77. The second-order valence-electron chi connectivity index (χ2n) is 15.2. The van der Waals surface area contributed by atoms with Crippen LogP contribution >= 0.6 is 0 Å². The normalized spacial score (nSPS) is 48.1. The van der Waals surface area contributed by atoms with Crippen molar-refractivity contribution in [3.8, 4) is 0 Å². The van der Waals surface area contributed by atoms with E-state index in [0.29, 0.717) is 30.1 Å². The van der Waals surface area contributed by atoms with E-state index in [2.05, 4.69) is 54.2 Å². The maximum Gasteiger partial charge on any atom is 0.309 e. The molecule has 0 aliphatic heterocycles. The van der Waals surface area contributed by atoms with Gasteiger partial charge in [0, 0.05) is 6.42 Å². The molecule has 206 valence electrons. The average Bonchev–Trinajstić information content (AvgIpc) is 3.20. The zero-order chi connectivity index (χ0) is 27.2. The summed E-state index contributed by atoms with van der Waals surface area (Å²) in [6, 6.07) is 0. The van der Waals surface area contributed by atoms with E-state index in [9.17, 15) is 19.8 Å². The van der Waals surface area contributed by atoms with Crippen molar-refractivity contribution in [3.05, 3.63) is 23.8 Å². The number of hydrogen-bond acceptors (Lipinski definition) is 2. The van der Waals surface area contributed by atoms with Gasteiger partial charge in [-0.3, -0.25) is 9.59 Å². The third kappa shape index (κ3) is 3.45. The smallest absolute Gasteiger partial charge is 0.309 e. The molecule has 0 aromatic rings. The molecule has 0 unspecified atom stereocenters. The fourth-order valence-corrected chi connectivity index (χ4v) is 11.8. The topological polar surface area (TPSA) is 74.6 Å². The molecule has 5 aliphatic carbocycles. The van der Waals surface area contributed by atoms with Crippen molar-refractivity contribution in [1.29, 1.82) is 0 Å². The first-order chi connectivity index (χ1) is 17.1. The molecule has 5 aliphatic rings. The molecule has 0 aromatic carbocycles. The van der Waals surface area contributed by atoms with Gasteiger partial charge in [-0.05, 0) is 122 Å². The second kappa shape index (κ2) is 8.46. The number of carboxylic acids is 2. The molecular formula is C33H50O4. The summed E-state index contributed by atoms with van der Waals surface area (Å²) in [5, 5.41) is 19.9. The zero-order valence-corrected chi connectivity index (χ0v) is 24.2. The molecule has 2 N–H and O–H groups in total. The molecule has 0 spiro atoms. The average molecular weight is 511 g/mol. The Morgan fingerprint density at radius 1 is 0.919 bits per heavy atom. The zero-order valence-electron chi connectivity index (χ0n) is 24.2. The lowest BCUT2D eigenvalue weighted by Crippen LogP contribution is -2.66. The van der Waals surface area contributed by atoms with Gasteiger partial charge in [-0.2, -0.15) is 0 Å². The van der Waals surface area contributed by atoms with Gasteiger partial charge in [0.15, 0.2) is 0 Å². The number of carbonyl (C=O) groups is 2. The van der Waals surface area contributed by atoms with E-state index in [1.807, 2.05) is 0 Å². The Morgan fingerprint density at radius 2 is 1.62 bits per heavy atom. The number of rotatable bonds is 5. The Labute approximate surface area is 224 Å². The van der Waals surface area contributed by atoms with Gasteiger partial charge in [-0.15, -0.1) is 0 Å². The largest absolute Gasteiger partial charge is 0.481 e. The fraction of sp³-hybridized carbons (Fsp3) is 0.818. The predicted octanol–water partition coefficient (Wildman–Crippen LogP) is 8.13. The highest BCUT2D eigenvalue weighted by Gasteiger charge is 2.71. The van der Waals surface area contributed by atoms with Crippen molar-refractivity contribution in [2.75, 3.05) is 0 Å². The standard InChI is InChI=1S/C33H50O4/c1-20(2)22-13-17-33(28(36)37)19-18-31(6)23(27(22)33)9-10-25-30(5)15-12-21(8-11-26(34)35)29(3,4)24(30)14-16-32(25,31)7/h12,22-25,27H,1,8-11,13-19H2,2-7H3,(H,34,35)(H,36,37)/t22-,23+,24-,25+,27+,30-,31+,32+,33-/m0/s1. The Morgan fingerprint density at radius 3 is 2.24 bits per heavy atom. The number of carboxylic acid groups (broad SMARTS) is 2. The molecule has 0 radical (unpaired) electrons. The monoisotopic (exact) mass is 510 g/mol. The van der Waals surface area contributed by atoms with E-state index in [0.717, 1.165) is 38.5 Å². The Kier molecular flexibility index (Phi) is 6.17. The Hall–Kier alpha value is -1.58. The van der Waals surface area contributed by atoms with Crippen LogP contribution in [-0.4, -0.2) is 22.2 Å². The summed E-state index contributed by atoms with van der Waals surface area (Å²) >= 11 is 0. The predicted molar refractivity (Wildman–Crippen MR) is 147 cm³/mol. The van der Waals surface area contributed by atoms with Gasteiger partial charge in [-0.25, -0.2) is 0 Å². The summed E-state index contributed by atoms with van der Waals surface area (Å²) in [5.74, 6) is 0.903. The first-order valence-electron chi connectivity index (χ1n) is 15.0. The molecule has 0 amide bonds. The first-order valence-corrected chi connectivity index (χ1v) is 15.0. The maximum atomic E-state index is 12.8. The second-order valence-corrected chi connectivity index (χ2v) is 15.2. The highest BCUT2D eigenvalue weighted by molar-refractivity contribution is 5.76. The summed E-state index contributed by atoms with van der Waals surface area (Å²) in [6.07, 6.45) is 12.7. The summed E-state index contributed by atoms with van der Waals surface area (Å²) in [4.78, 5) is 24.2. The van der Waals surface area contributed by atoms with Gasteiger partial charge in [0.05, 0.1) is 5.41 Å². The van der Waals surface area contributed by atoms with Crippen molar-refractivity contribution < 1.29 is 19.8 Å². The number of hydrogen-bond donors (Lipinski definition) is 2. The lowest BCUT2D eigenvalue weighted by Gasteiger charge is -2.72. The van der Waals surface area contributed by atoms with Crippen molar-refractivity contribution in [3.63, 3.8) is 0 Å². The molecular weight excluding hydrogens is 460 g/mol. The molecule has 0 aromatic heterocycles. The number of aliphatic carboxylic acids is 2. The van der Waals surface area contributed by atoms with E-state index in [4.69, 9.17) is 0 Å². The van der Waals surface area contributed by atoms with Crippen LogP contribution in [0.3, 0.4) is 0 Å². The van der Waals surface area contributed by atoms with E-state index in [-0.39, 0.29) is 34.0 Å². The van der Waals surface area contributed by atoms with Crippen LogP contribution in [-0.2, 0) is 9.59 Å². The van der Waals surface area contributed by atoms with E-state index < -0.39 is 17.4 Å². The first kappa shape index (κ1) is 27.0. The van der Waals surface area contributed by atoms with Crippen molar-refractivity contribution in [1.82, 2.24) is 0 Å². The molecule has 4 nitrogen and oxygen atoms in total. The summed E-state index contributed by atoms with van der Waals surface area (Å²) in [5.41, 5.74) is 2.52. The molecule has 0 saturated heterocycles. The number of allylic oxidation sites excluding steroid dienone is 3. The minimum Gasteiger partial charge on any atom is -0.481 e. The molecule has 0 bridgehead atoms. The van der Waals surface area contributed by atoms with Crippen LogP contribution in [0, 0.1) is 56.7 Å². The van der Waals surface area contributed by atoms with Gasteiger partial charge in [0.1, 0.15) is 0 Å². The Bertz CT molecular complexity index is 1040. The van der Waals surface area contributed by atoms with Crippen LogP contribution in [0.5, 0.6) is 0 Å². The molecule has 4 heteroatoms. The molecule has 9 atom stereocenters. The third-order valence-corrected chi connectivity index (χ3v) is 13.9. The van der Waals surface area contributed by atoms with Gasteiger partial charge in [0.2, 0.25) is 0 Å². The van der Waals surface area contributed by atoms with Gasteiger partial charge < -0.3 is 10.2 Å². The van der Waals surface area contributed by atoms with Crippen LogP contribution < -0.4 is 0 Å². The van der Waals surface area contributed by atoms with Crippen LogP contribution in [0.4, 0.5) is 0 Å². The van der Waals surface area contributed by atoms with Crippen molar-refractivity contribution in [2.45, 2.75) is 112 Å². The molecule has 5 rings (SSSR count). The summed E-state index contributed by atoms with van der Waals surface area (Å²) in [6.45, 7) is 18.9.